The molecule has 1 aliphatic heterocycles. The van der Waals surface area contributed by atoms with Crippen LogP contribution in [-0.2, 0) is 16.1 Å². The lowest BCUT2D eigenvalue weighted by Gasteiger charge is -2.37. The van der Waals surface area contributed by atoms with E-state index in [-0.39, 0.29) is 30.5 Å². The lowest BCUT2D eigenvalue weighted by Crippen LogP contribution is -2.50. The Morgan fingerprint density at radius 3 is 2.74 bits per heavy atom. The largest absolute Gasteiger partial charge is 0.445 e. The second-order valence-electron chi connectivity index (χ2n) is 5.79. The molecule has 0 aliphatic carbocycles. The number of benzene rings is 1. The van der Waals surface area contributed by atoms with Crippen LogP contribution in [0, 0.1) is 0 Å². The summed E-state index contributed by atoms with van der Waals surface area (Å²) in [6.07, 6.45) is 2.57. The molecule has 0 unspecified atom stereocenters. The van der Waals surface area contributed by atoms with Crippen LogP contribution < -0.4 is 0 Å². The summed E-state index contributed by atoms with van der Waals surface area (Å²) in [5.41, 5.74) is 0.962. The summed E-state index contributed by atoms with van der Waals surface area (Å²) in [6.45, 7) is 1.42. The Morgan fingerprint density at radius 1 is 1.30 bits per heavy atom. The van der Waals surface area contributed by atoms with E-state index in [0.29, 0.717) is 13.1 Å². The molecule has 2 rings (SSSR count). The van der Waals surface area contributed by atoms with Crippen LogP contribution in [0.5, 0.6) is 0 Å². The molecule has 23 heavy (non-hydrogen) atoms. The molecular weight excluding hydrogens is 316 g/mol. The minimum atomic E-state index is -0.315. The van der Waals surface area contributed by atoms with Crippen LogP contribution in [0.3, 0.4) is 0 Å². The molecule has 0 spiro atoms. The molecule has 1 aromatic rings. The predicted octanol–water partition coefficient (Wildman–Crippen LogP) is 2.87. The number of hydrogen-bond acceptors (Lipinski definition) is 3. The SMILES string of the molecule is CN(C[C@@H]1CCCCN1C(=O)OCc1ccccc1)C(=O)CCl. The van der Waals surface area contributed by atoms with Gasteiger partial charge in [-0.15, -0.1) is 11.6 Å². The van der Waals surface area contributed by atoms with Gasteiger partial charge in [0.25, 0.3) is 0 Å². The molecule has 1 aromatic carbocycles. The Kier molecular flexibility index (Phi) is 6.71. The van der Waals surface area contributed by atoms with Gasteiger partial charge in [-0.3, -0.25) is 4.79 Å². The fraction of sp³-hybridized carbons (Fsp3) is 0.529. The summed E-state index contributed by atoms with van der Waals surface area (Å²) in [7, 11) is 1.72. The number of amides is 2. The van der Waals surface area contributed by atoms with Crippen molar-refractivity contribution < 1.29 is 14.3 Å². The average molecular weight is 339 g/mol. The zero-order valence-electron chi connectivity index (χ0n) is 13.4. The molecular formula is C17H23ClN2O3. The highest BCUT2D eigenvalue weighted by atomic mass is 35.5. The zero-order chi connectivity index (χ0) is 16.7. The van der Waals surface area contributed by atoms with Gasteiger partial charge in [0.05, 0.1) is 6.04 Å². The summed E-state index contributed by atoms with van der Waals surface area (Å²) in [6, 6.07) is 9.60. The van der Waals surface area contributed by atoms with E-state index in [9.17, 15) is 9.59 Å². The number of alkyl halides is 1. The van der Waals surface area contributed by atoms with E-state index in [1.54, 1.807) is 16.8 Å². The Hall–Kier alpha value is -1.75. The predicted molar refractivity (Wildman–Crippen MR) is 89.3 cm³/mol. The third kappa shape index (κ3) is 5.13. The maximum atomic E-state index is 12.4. The fourth-order valence-corrected chi connectivity index (χ4v) is 2.96. The minimum Gasteiger partial charge on any atom is -0.445 e. The Labute approximate surface area is 142 Å². The van der Waals surface area contributed by atoms with Crippen molar-refractivity contribution in [2.45, 2.75) is 31.9 Å². The quantitative estimate of drug-likeness (QED) is 0.776. The molecule has 1 heterocycles. The summed E-state index contributed by atoms with van der Waals surface area (Å²) in [4.78, 5) is 27.3. The van der Waals surface area contributed by atoms with Crippen LogP contribution in [0.2, 0.25) is 0 Å². The van der Waals surface area contributed by atoms with Gasteiger partial charge in [0, 0.05) is 20.1 Å². The van der Waals surface area contributed by atoms with Crippen LogP contribution in [-0.4, -0.2) is 53.9 Å². The van der Waals surface area contributed by atoms with Crippen molar-refractivity contribution in [3.05, 3.63) is 35.9 Å². The summed E-state index contributed by atoms with van der Waals surface area (Å²) < 4.78 is 5.42. The van der Waals surface area contributed by atoms with Crippen LogP contribution in [0.25, 0.3) is 0 Å². The smallest absolute Gasteiger partial charge is 0.410 e. The van der Waals surface area contributed by atoms with E-state index < -0.39 is 0 Å². The van der Waals surface area contributed by atoms with Crippen molar-refractivity contribution in [1.82, 2.24) is 9.80 Å². The second kappa shape index (κ2) is 8.77. The van der Waals surface area contributed by atoms with Gasteiger partial charge in [0.1, 0.15) is 12.5 Å². The molecule has 0 N–H and O–H groups in total. The molecule has 2 amide bonds. The van der Waals surface area contributed by atoms with E-state index in [1.807, 2.05) is 30.3 Å². The van der Waals surface area contributed by atoms with Gasteiger partial charge >= 0.3 is 6.09 Å². The third-order valence-electron chi connectivity index (χ3n) is 4.09. The molecule has 6 heteroatoms. The van der Waals surface area contributed by atoms with Gasteiger partial charge in [-0.25, -0.2) is 4.79 Å². The number of halogens is 1. The Morgan fingerprint density at radius 2 is 2.04 bits per heavy atom. The molecule has 1 atom stereocenters. The maximum absolute atomic E-state index is 12.4. The first-order valence-electron chi connectivity index (χ1n) is 7.89. The van der Waals surface area contributed by atoms with Crippen LogP contribution in [0.4, 0.5) is 4.79 Å². The lowest BCUT2D eigenvalue weighted by atomic mass is 10.0. The molecule has 0 saturated carbocycles. The van der Waals surface area contributed by atoms with Crippen molar-refractivity contribution in [2.75, 3.05) is 26.0 Å². The highest BCUT2D eigenvalue weighted by molar-refractivity contribution is 6.27. The number of piperidine rings is 1. The maximum Gasteiger partial charge on any atom is 0.410 e. The summed E-state index contributed by atoms with van der Waals surface area (Å²) >= 11 is 5.58. The van der Waals surface area contributed by atoms with Gasteiger partial charge in [-0.05, 0) is 24.8 Å². The number of rotatable bonds is 5. The van der Waals surface area contributed by atoms with E-state index >= 15 is 0 Å². The third-order valence-corrected chi connectivity index (χ3v) is 4.32. The van der Waals surface area contributed by atoms with Crippen LogP contribution >= 0.6 is 11.6 Å². The molecule has 5 nitrogen and oxygen atoms in total. The number of carbonyl (C=O) groups is 2. The first-order chi connectivity index (χ1) is 11.1. The van der Waals surface area contributed by atoms with E-state index in [4.69, 9.17) is 16.3 Å². The van der Waals surface area contributed by atoms with Crippen LogP contribution in [0.15, 0.2) is 30.3 Å². The van der Waals surface area contributed by atoms with Crippen molar-refractivity contribution in [3.8, 4) is 0 Å². The minimum absolute atomic E-state index is 0.0100. The number of carbonyl (C=O) groups excluding carboxylic acids is 2. The monoisotopic (exact) mass is 338 g/mol. The molecule has 126 valence electrons. The number of likely N-dealkylation sites (tertiary alicyclic amines) is 1. The highest BCUT2D eigenvalue weighted by Crippen LogP contribution is 2.19. The van der Waals surface area contributed by atoms with E-state index in [0.717, 1.165) is 24.8 Å². The molecule has 0 radical (unpaired) electrons. The molecule has 1 fully saturated rings. The molecule has 1 aliphatic rings. The van der Waals surface area contributed by atoms with Crippen molar-refractivity contribution in [1.29, 1.82) is 0 Å². The van der Waals surface area contributed by atoms with Gasteiger partial charge in [0.2, 0.25) is 5.91 Å². The first-order valence-corrected chi connectivity index (χ1v) is 8.42. The topological polar surface area (TPSA) is 49.9 Å². The average Bonchev–Trinajstić information content (AvgIpc) is 2.60. The summed E-state index contributed by atoms with van der Waals surface area (Å²) in [5.74, 6) is -0.170. The van der Waals surface area contributed by atoms with E-state index in [2.05, 4.69) is 0 Å². The summed E-state index contributed by atoms with van der Waals surface area (Å²) in [5, 5.41) is 0. The van der Waals surface area contributed by atoms with Gasteiger partial charge in [0.15, 0.2) is 0 Å². The Balaban J connectivity index is 1.91. The zero-order valence-corrected chi connectivity index (χ0v) is 14.2. The van der Waals surface area contributed by atoms with Crippen molar-refractivity contribution in [2.24, 2.45) is 0 Å². The number of nitrogens with zero attached hydrogens (tertiary/aromatic N) is 2. The molecule has 1 saturated heterocycles. The number of hydrogen-bond donors (Lipinski definition) is 0. The van der Waals surface area contributed by atoms with Gasteiger partial charge in [-0.1, -0.05) is 30.3 Å². The fourth-order valence-electron chi connectivity index (χ4n) is 2.75. The lowest BCUT2D eigenvalue weighted by molar-refractivity contribution is -0.128. The molecule has 0 bridgehead atoms. The standard InChI is InChI=1S/C17H23ClN2O3/c1-19(16(21)11-18)12-15-9-5-6-10-20(15)17(22)23-13-14-7-3-2-4-8-14/h2-4,7-8,15H,5-6,9-13H2,1H3/t15-/m0/s1. The van der Waals surface area contributed by atoms with Crippen molar-refractivity contribution in [3.63, 3.8) is 0 Å². The second-order valence-corrected chi connectivity index (χ2v) is 6.06. The van der Waals surface area contributed by atoms with E-state index in [1.165, 1.54) is 0 Å². The van der Waals surface area contributed by atoms with Gasteiger partial charge in [-0.2, -0.15) is 0 Å². The molecule has 0 aromatic heterocycles. The number of ether oxygens (including phenoxy) is 1. The van der Waals surface area contributed by atoms with Gasteiger partial charge < -0.3 is 14.5 Å². The number of likely N-dealkylation sites (N-methyl/N-ethyl adjacent to an activating group) is 1. The van der Waals surface area contributed by atoms with Crippen molar-refractivity contribution >= 4 is 23.6 Å². The normalized spacial score (nSPS) is 17.7. The highest BCUT2D eigenvalue weighted by Gasteiger charge is 2.29. The Bertz CT molecular complexity index is 524. The van der Waals surface area contributed by atoms with Crippen LogP contribution in [0.1, 0.15) is 24.8 Å². The first kappa shape index (κ1) is 17.6.